The molecule has 1 aromatic carbocycles. The van der Waals surface area contributed by atoms with Gasteiger partial charge in [0.1, 0.15) is 12.1 Å². The number of nitriles is 1. The summed E-state index contributed by atoms with van der Waals surface area (Å²) in [4.78, 5) is 110. The molecule has 2 saturated heterocycles. The number of hydrogen-bond acceptors (Lipinski definition) is 13. The zero-order valence-electron chi connectivity index (χ0n) is 34.4. The molecular weight excluding hydrogens is 889 g/mol. The van der Waals surface area contributed by atoms with Crippen LogP contribution >= 0.6 is 0 Å². The molecule has 1 radical (unpaired) electrons. The number of benzene rings is 1. The third-order valence-corrected chi connectivity index (χ3v) is 10.4. The first kappa shape index (κ1) is 51.5. The number of halogens is 2. The molecule has 6 N–H and O–H groups in total. The van der Waals surface area contributed by atoms with E-state index in [0.29, 0.717) is 16.6 Å². The maximum atomic E-state index is 13.8. The molecule has 3 heterocycles. The molecule has 0 spiro atoms. The van der Waals surface area contributed by atoms with Gasteiger partial charge in [-0.3, -0.25) is 58.0 Å². The Bertz CT molecular complexity index is 2030. The van der Waals surface area contributed by atoms with Crippen LogP contribution in [0.3, 0.4) is 0 Å². The van der Waals surface area contributed by atoms with Crippen molar-refractivity contribution in [2.75, 3.05) is 90.5 Å². The Balaban J connectivity index is 0.0000106. The summed E-state index contributed by atoms with van der Waals surface area (Å²) in [6.07, 6.45) is -0.0963. The fourth-order valence-corrected chi connectivity index (χ4v) is 7.10. The first-order valence-electron chi connectivity index (χ1n) is 19.8. The molecule has 1 aromatic heterocycles. The Kier molecular flexibility index (Phi) is 19.7. The summed E-state index contributed by atoms with van der Waals surface area (Å²) >= 11 is 0. The number of nitrogens with one attached hydrogen (secondary N) is 3. The van der Waals surface area contributed by atoms with Crippen LogP contribution in [-0.2, 0) is 50.6 Å². The summed E-state index contributed by atoms with van der Waals surface area (Å²) in [5.41, 5.74) is 0.820. The molecule has 63 heavy (non-hydrogen) atoms. The third-order valence-electron chi connectivity index (χ3n) is 10.4. The molecule has 2 aliphatic rings. The fraction of sp³-hybridized carbons (Fsp3) is 0.538. The van der Waals surface area contributed by atoms with Crippen molar-refractivity contribution in [2.45, 2.75) is 50.1 Å². The molecule has 0 unspecified atom stereocenters. The van der Waals surface area contributed by atoms with E-state index >= 15 is 0 Å². The predicted octanol–water partition coefficient (Wildman–Crippen LogP) is -0.981. The summed E-state index contributed by atoms with van der Waals surface area (Å²) in [6, 6.07) is 5.30. The number of hydrogen-bond donors (Lipinski definition) is 6. The van der Waals surface area contributed by atoms with Crippen molar-refractivity contribution in [3.05, 3.63) is 36.0 Å². The second-order valence-corrected chi connectivity index (χ2v) is 14.9. The van der Waals surface area contributed by atoms with Gasteiger partial charge in [-0.25, -0.2) is 8.78 Å². The minimum atomic E-state index is -3.21. The number of rotatable bonds is 19. The molecule has 0 bridgehead atoms. The largest absolute Gasteiger partial charge is 0.480 e. The number of aliphatic carboxylic acids is 3. The smallest absolute Gasteiger partial charge is 0.320 e. The van der Waals surface area contributed by atoms with E-state index in [1.807, 2.05) is 0 Å². The van der Waals surface area contributed by atoms with Crippen LogP contribution in [0.1, 0.15) is 42.5 Å². The number of aromatic nitrogens is 1. The SMILES string of the molecule is CN(C(=O)CCC(=O)NCCNC(=O)CC[C@H](C(=O)O)N1CCN(CC(=O)O)CCN(CC(=O)O)CC1)c1ccc2nccc(C(=O)NCC(=O)N3CC(F)(F)C[C@H]3C#N)c2c1.[67Cu]. The van der Waals surface area contributed by atoms with Crippen LogP contribution in [0.5, 0.6) is 0 Å². The van der Waals surface area contributed by atoms with Crippen molar-refractivity contribution in [3.63, 3.8) is 0 Å². The molecule has 21 nitrogen and oxygen atoms in total. The molecule has 2 aliphatic heterocycles. The number of anilines is 1. The fourth-order valence-electron chi connectivity index (χ4n) is 7.10. The van der Waals surface area contributed by atoms with Gasteiger partial charge in [0.2, 0.25) is 23.6 Å². The minimum absolute atomic E-state index is 0. The molecule has 2 fully saturated rings. The first-order valence-corrected chi connectivity index (χ1v) is 19.8. The van der Waals surface area contributed by atoms with Crippen LogP contribution in [0.25, 0.3) is 10.9 Å². The third kappa shape index (κ3) is 15.8. The van der Waals surface area contributed by atoms with E-state index in [9.17, 15) is 67.7 Å². The maximum Gasteiger partial charge on any atom is 0.320 e. The van der Waals surface area contributed by atoms with Crippen molar-refractivity contribution < 1.29 is 79.5 Å². The van der Waals surface area contributed by atoms with Crippen LogP contribution in [0.2, 0.25) is 0 Å². The van der Waals surface area contributed by atoms with Gasteiger partial charge in [-0.2, -0.15) is 5.26 Å². The Labute approximate surface area is 371 Å². The van der Waals surface area contributed by atoms with Gasteiger partial charge < -0.3 is 41.1 Å². The van der Waals surface area contributed by atoms with Gasteiger partial charge in [-0.05, 0) is 30.7 Å². The molecule has 0 aliphatic carbocycles. The molecule has 5 amide bonds. The van der Waals surface area contributed by atoms with Crippen LogP contribution in [0.15, 0.2) is 30.5 Å². The summed E-state index contributed by atoms with van der Waals surface area (Å²) in [7, 11) is 1.47. The summed E-state index contributed by atoms with van der Waals surface area (Å²) in [5, 5.41) is 45.7. The topological polar surface area (TPSA) is 286 Å². The number of fused-ring (bicyclic) bond motifs is 1. The van der Waals surface area contributed by atoms with Crippen molar-refractivity contribution in [2.24, 2.45) is 0 Å². The van der Waals surface area contributed by atoms with Gasteiger partial charge in [0.05, 0.1) is 43.3 Å². The summed E-state index contributed by atoms with van der Waals surface area (Å²) in [5.74, 6) is -9.52. The average molecular weight is 940 g/mol. The minimum Gasteiger partial charge on any atom is -0.480 e. The molecule has 0 saturated carbocycles. The number of pyridine rings is 1. The van der Waals surface area contributed by atoms with Crippen LogP contribution in [0.4, 0.5) is 14.5 Å². The maximum absolute atomic E-state index is 13.8. The Morgan fingerprint density at radius 3 is 2.03 bits per heavy atom. The van der Waals surface area contributed by atoms with Gasteiger partial charge in [-0.15, -0.1) is 0 Å². The van der Waals surface area contributed by atoms with E-state index in [4.69, 9.17) is 0 Å². The second-order valence-electron chi connectivity index (χ2n) is 14.9. The van der Waals surface area contributed by atoms with E-state index in [1.54, 1.807) is 32.9 Å². The zero-order chi connectivity index (χ0) is 45.6. The molecule has 24 heteroatoms. The van der Waals surface area contributed by atoms with Crippen molar-refractivity contribution >= 4 is 64.0 Å². The normalized spacial score (nSPS) is 17.4. The summed E-state index contributed by atoms with van der Waals surface area (Å²) < 4.78 is 27.6. The Morgan fingerprint density at radius 2 is 1.46 bits per heavy atom. The molecular formula is C39H50CuF2N10O11. The van der Waals surface area contributed by atoms with E-state index < -0.39 is 85.0 Å². The molecule has 4 rings (SSSR count). The molecule has 347 valence electrons. The van der Waals surface area contributed by atoms with Crippen molar-refractivity contribution in [3.8, 4) is 6.07 Å². The van der Waals surface area contributed by atoms with Crippen LogP contribution in [-0.4, -0.2) is 191 Å². The van der Waals surface area contributed by atoms with Gasteiger partial charge in [0, 0.05) is 119 Å². The average Bonchev–Trinajstić information content (AvgIpc) is 3.59. The van der Waals surface area contributed by atoms with Crippen LogP contribution < -0.4 is 20.9 Å². The number of carbonyl (C=O) groups is 8. The van der Waals surface area contributed by atoms with Crippen LogP contribution in [0, 0.1) is 11.3 Å². The Hall–Kier alpha value is -5.86. The van der Waals surface area contributed by atoms with E-state index in [1.165, 1.54) is 30.3 Å². The summed E-state index contributed by atoms with van der Waals surface area (Å²) in [6.45, 7) is -0.761. The predicted molar refractivity (Wildman–Crippen MR) is 214 cm³/mol. The molecule has 2 atom stereocenters. The van der Waals surface area contributed by atoms with Gasteiger partial charge in [0.25, 0.3) is 11.8 Å². The van der Waals surface area contributed by atoms with Crippen molar-refractivity contribution in [1.82, 2.24) is 40.5 Å². The monoisotopic (exact) mass is 939 g/mol. The number of nitrogens with zero attached hydrogens (tertiary/aromatic N) is 7. The first-order chi connectivity index (χ1) is 29.4. The number of carboxylic acid groups (broad SMARTS) is 3. The van der Waals surface area contributed by atoms with E-state index in [2.05, 4.69) is 20.9 Å². The number of carbonyl (C=O) groups excluding carboxylic acids is 5. The van der Waals surface area contributed by atoms with E-state index in [0.717, 1.165) is 4.90 Å². The standard InChI is InChI=1S/C39H50F2N10O11.Cu/c1-47(25-2-3-29-28(18-25)27(8-9-43-29)37(60)46-21-34(55)51-24-39(40,41)19-26(51)20-42)33(54)7-6-32(53)45-11-10-44-31(52)5-4-30(38(61)62)50-16-14-48(22-35(56)57)12-13-49(15-17-50)23-36(58)59;/h2-3,8-9,18,26,30H,4-7,10-17,19,21-24H2,1H3,(H,44,52)(H,45,53)(H,46,60)(H,56,57)(H,58,59)(H,61,62);/t26-,30+;/m0./s1/i;1+3. The quantitative estimate of drug-likeness (QED) is 0.0729. The van der Waals surface area contributed by atoms with E-state index in [-0.39, 0.29) is 114 Å². The molecule has 2 aromatic rings. The Morgan fingerprint density at radius 1 is 0.873 bits per heavy atom. The van der Waals surface area contributed by atoms with Crippen molar-refractivity contribution in [1.29, 1.82) is 5.26 Å². The number of likely N-dealkylation sites (tertiary alicyclic amines) is 1. The zero-order valence-corrected chi connectivity index (χ0v) is 35.3. The second kappa shape index (κ2) is 24.1. The van der Waals surface area contributed by atoms with Gasteiger partial charge in [0.15, 0.2) is 0 Å². The van der Waals surface area contributed by atoms with Gasteiger partial charge >= 0.3 is 17.9 Å². The number of alkyl halides is 2. The number of amides is 5. The number of carboxylic acids is 3. The van der Waals surface area contributed by atoms with Gasteiger partial charge in [-0.1, -0.05) is 0 Å².